The first-order chi connectivity index (χ1) is 8.82. The van der Waals surface area contributed by atoms with Crippen LogP contribution in [0.5, 0.6) is 0 Å². The van der Waals surface area contributed by atoms with Crippen LogP contribution >= 0.6 is 0 Å². The maximum absolute atomic E-state index is 12.3. The van der Waals surface area contributed by atoms with Crippen molar-refractivity contribution in [3.05, 3.63) is 52.5 Å². The summed E-state index contributed by atoms with van der Waals surface area (Å²) >= 11 is 0. The highest BCUT2D eigenvalue weighted by molar-refractivity contribution is 7.96. The molecule has 0 heterocycles. The molecule has 0 fully saturated rings. The summed E-state index contributed by atoms with van der Waals surface area (Å²) in [6.07, 6.45) is 2.91. The van der Waals surface area contributed by atoms with Crippen molar-refractivity contribution in [3.8, 4) is 0 Å². The second-order valence-corrected chi connectivity index (χ2v) is 6.28. The maximum Gasteiger partial charge on any atom is 0.210 e. The zero-order valence-electron chi connectivity index (χ0n) is 10.5. The van der Waals surface area contributed by atoms with E-state index in [2.05, 4.69) is 0 Å². The van der Waals surface area contributed by atoms with Crippen LogP contribution in [-0.4, -0.2) is 20.0 Å². The Labute approximate surface area is 111 Å². The standard InChI is InChI=1S/C14H12O4S/c1-9-3-5-12(7-10(9)2)19(17,18)14-8-11(15)4-6-13(14)16/h3-8H,1-2H3. The highest BCUT2D eigenvalue weighted by atomic mass is 32.2. The quantitative estimate of drug-likeness (QED) is 0.770. The highest BCUT2D eigenvalue weighted by Crippen LogP contribution is 2.24. The summed E-state index contributed by atoms with van der Waals surface area (Å²) in [4.78, 5) is 22.4. The number of rotatable bonds is 2. The van der Waals surface area contributed by atoms with E-state index < -0.39 is 26.3 Å². The van der Waals surface area contributed by atoms with Crippen LogP contribution in [-0.2, 0) is 19.4 Å². The third-order valence-electron chi connectivity index (χ3n) is 2.99. The first kappa shape index (κ1) is 13.4. The van der Waals surface area contributed by atoms with E-state index in [1.165, 1.54) is 12.1 Å². The van der Waals surface area contributed by atoms with Crippen molar-refractivity contribution in [1.29, 1.82) is 0 Å². The molecule has 0 amide bonds. The van der Waals surface area contributed by atoms with Gasteiger partial charge in [-0.15, -0.1) is 0 Å². The van der Waals surface area contributed by atoms with Crippen LogP contribution < -0.4 is 0 Å². The Morgan fingerprint density at radius 3 is 2.26 bits per heavy atom. The largest absolute Gasteiger partial charge is 0.290 e. The van der Waals surface area contributed by atoms with Gasteiger partial charge in [-0.25, -0.2) is 8.42 Å². The number of hydrogen-bond acceptors (Lipinski definition) is 4. The van der Waals surface area contributed by atoms with Gasteiger partial charge in [0.25, 0.3) is 0 Å². The molecule has 98 valence electrons. The SMILES string of the molecule is Cc1ccc(S(=O)(=O)C2=CC(=O)C=CC2=O)cc1C. The number of aryl methyl sites for hydroxylation is 2. The summed E-state index contributed by atoms with van der Waals surface area (Å²) in [6.45, 7) is 3.65. The van der Waals surface area contributed by atoms with Crippen LogP contribution in [0.3, 0.4) is 0 Å². The number of ketones is 2. The second kappa shape index (κ2) is 4.59. The lowest BCUT2D eigenvalue weighted by Crippen LogP contribution is -2.17. The molecule has 0 bridgehead atoms. The summed E-state index contributed by atoms with van der Waals surface area (Å²) in [5.74, 6) is -1.17. The van der Waals surface area contributed by atoms with E-state index in [0.29, 0.717) is 0 Å². The van der Waals surface area contributed by atoms with Gasteiger partial charge in [-0.1, -0.05) is 6.07 Å². The first-order valence-corrected chi connectivity index (χ1v) is 7.11. The molecule has 2 rings (SSSR count). The molecule has 0 radical (unpaired) electrons. The fourth-order valence-electron chi connectivity index (χ4n) is 1.71. The number of hydrogen-bond donors (Lipinski definition) is 0. The lowest BCUT2D eigenvalue weighted by Gasteiger charge is -2.10. The topological polar surface area (TPSA) is 68.3 Å². The Morgan fingerprint density at radius 1 is 0.947 bits per heavy atom. The molecule has 1 aliphatic rings. The van der Waals surface area contributed by atoms with Crippen LogP contribution in [0.4, 0.5) is 0 Å². The molecule has 0 unspecified atom stereocenters. The average molecular weight is 276 g/mol. The minimum atomic E-state index is -3.94. The molecule has 0 spiro atoms. The Kier molecular flexibility index (Phi) is 3.24. The molecule has 1 aliphatic carbocycles. The summed E-state index contributed by atoms with van der Waals surface area (Å²) in [6, 6.07) is 4.61. The molecular weight excluding hydrogens is 264 g/mol. The van der Waals surface area contributed by atoms with Crippen LogP contribution in [0.2, 0.25) is 0 Å². The average Bonchev–Trinajstić information content (AvgIpc) is 2.35. The first-order valence-electron chi connectivity index (χ1n) is 5.63. The number of sulfone groups is 1. The molecule has 0 N–H and O–H groups in total. The van der Waals surface area contributed by atoms with Crippen molar-refractivity contribution >= 4 is 21.4 Å². The van der Waals surface area contributed by atoms with Gasteiger partial charge in [0.2, 0.25) is 9.84 Å². The Hall–Kier alpha value is -2.01. The third-order valence-corrected chi connectivity index (χ3v) is 4.77. The Balaban J connectivity index is 2.57. The van der Waals surface area contributed by atoms with Crippen molar-refractivity contribution in [2.75, 3.05) is 0 Å². The molecule has 0 saturated heterocycles. The molecular formula is C14H12O4S. The fraction of sp³-hybridized carbons (Fsp3) is 0.143. The van der Waals surface area contributed by atoms with Crippen molar-refractivity contribution in [3.63, 3.8) is 0 Å². The lowest BCUT2D eigenvalue weighted by molar-refractivity contribution is -0.114. The Bertz CT molecular complexity index is 737. The normalized spacial score (nSPS) is 15.6. The second-order valence-electron chi connectivity index (χ2n) is 4.36. The van der Waals surface area contributed by atoms with E-state index in [9.17, 15) is 18.0 Å². The predicted molar refractivity (Wildman–Crippen MR) is 70.3 cm³/mol. The molecule has 4 nitrogen and oxygen atoms in total. The maximum atomic E-state index is 12.3. The summed E-state index contributed by atoms with van der Waals surface area (Å²) < 4.78 is 24.7. The third kappa shape index (κ3) is 2.42. The van der Waals surface area contributed by atoms with Crippen molar-refractivity contribution in [1.82, 2.24) is 0 Å². The van der Waals surface area contributed by atoms with Crippen LogP contribution in [0.1, 0.15) is 11.1 Å². The zero-order valence-corrected chi connectivity index (χ0v) is 11.3. The van der Waals surface area contributed by atoms with Crippen LogP contribution in [0, 0.1) is 13.8 Å². The fourth-order valence-corrected chi connectivity index (χ4v) is 3.14. The summed E-state index contributed by atoms with van der Waals surface area (Å²) in [7, 11) is -3.94. The van der Waals surface area contributed by atoms with Crippen LogP contribution in [0.15, 0.2) is 46.2 Å². The minimum Gasteiger partial charge on any atom is -0.290 e. The van der Waals surface area contributed by atoms with Gasteiger partial charge in [-0.05, 0) is 49.3 Å². The van der Waals surface area contributed by atoms with Gasteiger partial charge in [-0.2, -0.15) is 0 Å². The van der Waals surface area contributed by atoms with Gasteiger partial charge >= 0.3 is 0 Å². The number of benzene rings is 1. The van der Waals surface area contributed by atoms with Gasteiger partial charge in [0, 0.05) is 6.08 Å². The molecule has 0 saturated carbocycles. The lowest BCUT2D eigenvalue weighted by atomic mass is 10.1. The summed E-state index contributed by atoms with van der Waals surface area (Å²) in [5, 5.41) is 0. The molecule has 5 heteroatoms. The minimum absolute atomic E-state index is 0.0262. The predicted octanol–water partition coefficient (Wildman–Crippen LogP) is 1.67. The van der Waals surface area contributed by atoms with E-state index in [-0.39, 0.29) is 4.90 Å². The number of carbonyl (C=O) groups is 2. The molecule has 0 atom stereocenters. The van der Waals surface area contributed by atoms with Gasteiger partial charge in [-0.3, -0.25) is 9.59 Å². The molecule has 1 aromatic carbocycles. The number of carbonyl (C=O) groups excluding carboxylic acids is 2. The van der Waals surface area contributed by atoms with Crippen molar-refractivity contribution in [2.24, 2.45) is 0 Å². The highest BCUT2D eigenvalue weighted by Gasteiger charge is 2.28. The van der Waals surface area contributed by atoms with Gasteiger partial charge in [0.15, 0.2) is 11.6 Å². The summed E-state index contributed by atoms with van der Waals surface area (Å²) in [5.41, 5.74) is 1.77. The van der Waals surface area contributed by atoms with Crippen molar-refractivity contribution in [2.45, 2.75) is 18.7 Å². The van der Waals surface area contributed by atoms with E-state index in [0.717, 1.165) is 29.4 Å². The smallest absolute Gasteiger partial charge is 0.210 e. The van der Waals surface area contributed by atoms with E-state index in [1.54, 1.807) is 13.0 Å². The van der Waals surface area contributed by atoms with E-state index in [4.69, 9.17) is 0 Å². The number of allylic oxidation sites excluding steroid dienone is 4. The van der Waals surface area contributed by atoms with Gasteiger partial charge < -0.3 is 0 Å². The zero-order chi connectivity index (χ0) is 14.2. The molecule has 1 aromatic rings. The molecule has 0 aromatic heterocycles. The monoisotopic (exact) mass is 276 g/mol. The molecule has 0 aliphatic heterocycles. The van der Waals surface area contributed by atoms with Gasteiger partial charge in [0.05, 0.1) is 4.90 Å². The van der Waals surface area contributed by atoms with E-state index in [1.807, 2.05) is 6.92 Å². The Morgan fingerprint density at radius 2 is 1.63 bits per heavy atom. The van der Waals surface area contributed by atoms with Gasteiger partial charge in [0.1, 0.15) is 4.91 Å². The molecule has 19 heavy (non-hydrogen) atoms. The van der Waals surface area contributed by atoms with Crippen LogP contribution in [0.25, 0.3) is 0 Å². The van der Waals surface area contributed by atoms with E-state index >= 15 is 0 Å². The van der Waals surface area contributed by atoms with Crippen molar-refractivity contribution < 1.29 is 18.0 Å².